The molecule has 150 valence electrons. The van der Waals surface area contributed by atoms with E-state index in [2.05, 4.69) is 36.6 Å². The molecule has 4 heteroatoms. The van der Waals surface area contributed by atoms with Gasteiger partial charge in [-0.3, -0.25) is 0 Å². The lowest BCUT2D eigenvalue weighted by Gasteiger charge is -2.13. The summed E-state index contributed by atoms with van der Waals surface area (Å²) in [6, 6.07) is 24.3. The second-order valence-corrected chi connectivity index (χ2v) is 7.67. The third-order valence-corrected chi connectivity index (χ3v) is 5.52. The maximum absolute atomic E-state index is 11.5. The Morgan fingerprint density at radius 1 is 0.897 bits per heavy atom. The highest BCUT2D eigenvalue weighted by molar-refractivity contribution is 7.98. The normalized spacial score (nSPS) is 10.6. The van der Waals surface area contributed by atoms with E-state index >= 15 is 0 Å². The summed E-state index contributed by atoms with van der Waals surface area (Å²) in [4.78, 5) is 12.8. The predicted octanol–water partition coefficient (Wildman–Crippen LogP) is 5.95. The second-order valence-electron chi connectivity index (χ2n) is 6.79. The Balaban J connectivity index is 1.62. The zero-order chi connectivity index (χ0) is 20.5. The van der Waals surface area contributed by atoms with Gasteiger partial charge in [-0.1, -0.05) is 42.5 Å². The monoisotopic (exact) mass is 406 g/mol. The Morgan fingerprint density at radius 3 is 2.34 bits per heavy atom. The number of thioether (sulfide) groups is 1. The SMILES string of the molecule is COC(=O)c1ccc(CCCc2cc(SC)ccc2OCc2ccccc2)cc1. The van der Waals surface area contributed by atoms with Crippen LogP contribution in [0, 0.1) is 0 Å². The fraction of sp³-hybridized carbons (Fsp3) is 0.240. The van der Waals surface area contributed by atoms with Crippen LogP contribution in [0.5, 0.6) is 5.75 Å². The number of esters is 1. The van der Waals surface area contributed by atoms with Crippen LogP contribution in [0.25, 0.3) is 0 Å². The molecule has 3 aromatic carbocycles. The molecule has 0 radical (unpaired) electrons. The molecule has 0 saturated heterocycles. The summed E-state index contributed by atoms with van der Waals surface area (Å²) in [5, 5.41) is 0. The van der Waals surface area contributed by atoms with E-state index in [0.717, 1.165) is 30.6 Å². The predicted molar refractivity (Wildman–Crippen MR) is 119 cm³/mol. The van der Waals surface area contributed by atoms with Crippen LogP contribution in [0.1, 0.15) is 33.5 Å². The minimum absolute atomic E-state index is 0.300. The average Bonchev–Trinajstić information content (AvgIpc) is 2.78. The number of aryl methyl sites for hydroxylation is 2. The van der Waals surface area contributed by atoms with Crippen molar-refractivity contribution in [3.8, 4) is 5.75 Å². The summed E-state index contributed by atoms with van der Waals surface area (Å²) in [5.74, 6) is 0.651. The van der Waals surface area contributed by atoms with Gasteiger partial charge in [-0.2, -0.15) is 0 Å². The summed E-state index contributed by atoms with van der Waals surface area (Å²) in [7, 11) is 1.40. The molecule has 0 N–H and O–H groups in total. The van der Waals surface area contributed by atoms with Crippen LogP contribution < -0.4 is 4.74 Å². The zero-order valence-corrected chi connectivity index (χ0v) is 17.7. The van der Waals surface area contributed by atoms with Gasteiger partial charge in [0.25, 0.3) is 0 Å². The lowest BCUT2D eigenvalue weighted by atomic mass is 10.0. The van der Waals surface area contributed by atoms with E-state index in [9.17, 15) is 4.79 Å². The quantitative estimate of drug-likeness (QED) is 0.325. The van der Waals surface area contributed by atoms with Crippen molar-refractivity contribution in [2.24, 2.45) is 0 Å². The van der Waals surface area contributed by atoms with Gasteiger partial charge in [-0.15, -0.1) is 11.8 Å². The fourth-order valence-electron chi connectivity index (χ4n) is 3.16. The molecule has 0 amide bonds. The molecule has 0 atom stereocenters. The third kappa shape index (κ3) is 6.13. The standard InChI is InChI=1S/C25H26O3S/c1-27-25(26)21-13-11-19(12-14-21)9-6-10-22-17-23(29-2)15-16-24(22)28-18-20-7-4-3-5-8-20/h3-5,7-8,11-17H,6,9-10,18H2,1-2H3. The Morgan fingerprint density at radius 2 is 1.66 bits per heavy atom. The zero-order valence-electron chi connectivity index (χ0n) is 16.9. The lowest BCUT2D eigenvalue weighted by molar-refractivity contribution is 0.0600. The summed E-state index contributed by atoms with van der Waals surface area (Å²) in [6.45, 7) is 0.571. The van der Waals surface area contributed by atoms with Gasteiger partial charge in [-0.25, -0.2) is 4.79 Å². The first-order valence-electron chi connectivity index (χ1n) is 9.70. The maximum Gasteiger partial charge on any atom is 0.337 e. The van der Waals surface area contributed by atoms with Crippen molar-refractivity contribution < 1.29 is 14.3 Å². The Hall–Kier alpha value is -2.72. The minimum Gasteiger partial charge on any atom is -0.489 e. The van der Waals surface area contributed by atoms with Crippen molar-refractivity contribution in [2.75, 3.05) is 13.4 Å². The highest BCUT2D eigenvalue weighted by atomic mass is 32.2. The number of hydrogen-bond donors (Lipinski definition) is 0. The van der Waals surface area contributed by atoms with Gasteiger partial charge >= 0.3 is 5.97 Å². The van der Waals surface area contributed by atoms with Crippen molar-refractivity contribution in [3.63, 3.8) is 0 Å². The van der Waals surface area contributed by atoms with Gasteiger partial charge in [0.05, 0.1) is 12.7 Å². The number of ether oxygens (including phenoxy) is 2. The van der Waals surface area contributed by atoms with Gasteiger partial charge in [0.1, 0.15) is 12.4 Å². The summed E-state index contributed by atoms with van der Waals surface area (Å²) in [5.41, 5.74) is 4.20. The molecular formula is C25H26O3S. The Labute approximate surface area is 177 Å². The number of carbonyl (C=O) groups excluding carboxylic acids is 1. The lowest BCUT2D eigenvalue weighted by Crippen LogP contribution is -2.01. The van der Waals surface area contributed by atoms with Crippen molar-refractivity contribution in [2.45, 2.75) is 30.8 Å². The van der Waals surface area contributed by atoms with Gasteiger partial charge < -0.3 is 9.47 Å². The van der Waals surface area contributed by atoms with Gasteiger partial charge in [0.15, 0.2) is 0 Å². The van der Waals surface area contributed by atoms with E-state index < -0.39 is 0 Å². The number of rotatable bonds is 9. The van der Waals surface area contributed by atoms with E-state index in [4.69, 9.17) is 9.47 Å². The fourth-order valence-corrected chi connectivity index (χ4v) is 3.63. The van der Waals surface area contributed by atoms with Crippen LogP contribution in [0.2, 0.25) is 0 Å². The van der Waals surface area contributed by atoms with Gasteiger partial charge in [-0.05, 0) is 72.5 Å². The van der Waals surface area contributed by atoms with Crippen LogP contribution >= 0.6 is 11.8 Å². The molecule has 0 aliphatic heterocycles. The van der Waals surface area contributed by atoms with E-state index in [1.54, 1.807) is 11.8 Å². The molecule has 3 rings (SSSR count). The molecule has 0 heterocycles. The molecular weight excluding hydrogens is 380 g/mol. The average molecular weight is 407 g/mol. The summed E-state index contributed by atoms with van der Waals surface area (Å²) < 4.78 is 10.9. The first kappa shape index (κ1) is 21.0. The largest absolute Gasteiger partial charge is 0.489 e. The molecule has 0 saturated carbocycles. The van der Waals surface area contributed by atoms with Crippen LogP contribution in [0.3, 0.4) is 0 Å². The number of carbonyl (C=O) groups is 1. The first-order chi connectivity index (χ1) is 14.2. The van der Waals surface area contributed by atoms with E-state index in [1.165, 1.54) is 23.1 Å². The summed E-state index contributed by atoms with van der Waals surface area (Å²) >= 11 is 1.74. The van der Waals surface area contributed by atoms with E-state index in [-0.39, 0.29) is 5.97 Å². The van der Waals surface area contributed by atoms with Crippen LogP contribution in [-0.4, -0.2) is 19.3 Å². The molecule has 0 unspecified atom stereocenters. The van der Waals surface area contributed by atoms with E-state index in [0.29, 0.717) is 12.2 Å². The Bertz CT molecular complexity index is 921. The highest BCUT2D eigenvalue weighted by Gasteiger charge is 2.08. The first-order valence-corrected chi connectivity index (χ1v) is 10.9. The van der Waals surface area contributed by atoms with Crippen LogP contribution in [0.15, 0.2) is 77.7 Å². The second kappa shape index (κ2) is 10.7. The molecule has 29 heavy (non-hydrogen) atoms. The van der Waals surface area contributed by atoms with Crippen molar-refractivity contribution >= 4 is 17.7 Å². The van der Waals surface area contributed by atoms with Gasteiger partial charge in [0, 0.05) is 4.90 Å². The van der Waals surface area contributed by atoms with Crippen LogP contribution in [0.4, 0.5) is 0 Å². The number of methoxy groups -OCH3 is 1. The molecule has 3 nitrogen and oxygen atoms in total. The smallest absolute Gasteiger partial charge is 0.337 e. The van der Waals surface area contributed by atoms with Gasteiger partial charge in [0.2, 0.25) is 0 Å². The van der Waals surface area contributed by atoms with Crippen molar-refractivity contribution in [3.05, 3.63) is 95.1 Å². The topological polar surface area (TPSA) is 35.5 Å². The molecule has 0 fully saturated rings. The molecule has 0 spiro atoms. The summed E-state index contributed by atoms with van der Waals surface area (Å²) in [6.07, 6.45) is 4.99. The molecule has 0 aromatic heterocycles. The highest BCUT2D eigenvalue weighted by Crippen LogP contribution is 2.27. The van der Waals surface area contributed by atoms with Crippen molar-refractivity contribution in [1.82, 2.24) is 0 Å². The number of hydrogen-bond acceptors (Lipinski definition) is 4. The molecule has 0 aliphatic carbocycles. The third-order valence-electron chi connectivity index (χ3n) is 4.79. The minimum atomic E-state index is -0.300. The number of benzene rings is 3. The van der Waals surface area contributed by atoms with Crippen molar-refractivity contribution in [1.29, 1.82) is 0 Å². The molecule has 0 bridgehead atoms. The Kier molecular flexibility index (Phi) is 7.77. The van der Waals surface area contributed by atoms with Crippen LogP contribution in [-0.2, 0) is 24.2 Å². The molecule has 3 aromatic rings. The van der Waals surface area contributed by atoms with E-state index in [1.807, 2.05) is 42.5 Å². The maximum atomic E-state index is 11.5. The molecule has 0 aliphatic rings.